The van der Waals surface area contributed by atoms with Crippen LogP contribution in [0.2, 0.25) is 0 Å². The van der Waals surface area contributed by atoms with Gasteiger partial charge in [0, 0.05) is 29.1 Å². The summed E-state index contributed by atoms with van der Waals surface area (Å²) in [5.41, 5.74) is 10.9. The molecule has 3 heterocycles. The minimum absolute atomic E-state index is 0.126. The molecule has 32 heavy (non-hydrogen) atoms. The summed E-state index contributed by atoms with van der Waals surface area (Å²) >= 11 is 0. The molecule has 4 rings (SSSR count). The van der Waals surface area contributed by atoms with Crippen LogP contribution in [0.3, 0.4) is 0 Å². The number of nitrogens with two attached hydrogens (primary N) is 1. The lowest BCUT2D eigenvalue weighted by molar-refractivity contribution is -0.116. The van der Waals surface area contributed by atoms with Gasteiger partial charge >= 0.3 is 0 Å². The first-order valence-corrected chi connectivity index (χ1v) is 10.2. The lowest BCUT2D eigenvalue weighted by atomic mass is 10.1. The minimum Gasteiger partial charge on any atom is -0.441 e. The summed E-state index contributed by atoms with van der Waals surface area (Å²) in [6, 6.07) is 7.39. The number of anilines is 1. The van der Waals surface area contributed by atoms with E-state index in [-0.39, 0.29) is 17.9 Å². The highest BCUT2D eigenvalue weighted by molar-refractivity contribution is 5.98. The van der Waals surface area contributed by atoms with Gasteiger partial charge in [0.25, 0.3) is 5.91 Å². The van der Waals surface area contributed by atoms with Gasteiger partial charge in [-0.1, -0.05) is 6.07 Å². The molecule has 0 bridgehead atoms. The number of aryl methyl sites for hydroxylation is 4. The Morgan fingerprint density at radius 3 is 2.59 bits per heavy atom. The van der Waals surface area contributed by atoms with Gasteiger partial charge in [-0.15, -0.1) is 0 Å². The third-order valence-corrected chi connectivity index (χ3v) is 5.50. The van der Waals surface area contributed by atoms with Crippen LogP contribution >= 0.6 is 0 Å². The van der Waals surface area contributed by atoms with Gasteiger partial charge in [0.1, 0.15) is 11.3 Å². The van der Waals surface area contributed by atoms with Crippen molar-refractivity contribution in [1.82, 2.24) is 19.6 Å². The van der Waals surface area contributed by atoms with Gasteiger partial charge in [-0.25, -0.2) is 14.5 Å². The van der Waals surface area contributed by atoms with E-state index in [9.17, 15) is 9.59 Å². The van der Waals surface area contributed by atoms with E-state index in [0.717, 1.165) is 34.0 Å². The number of hydrogen-bond acceptors (Lipinski definition) is 6. The number of carbonyl (C=O) groups excluding carboxylic acids is 2. The van der Waals surface area contributed by atoms with Gasteiger partial charge in [0.05, 0.1) is 11.9 Å². The quantitative estimate of drug-likeness (QED) is 0.481. The number of amides is 2. The fourth-order valence-electron chi connectivity index (χ4n) is 3.63. The second kappa shape index (κ2) is 8.26. The minimum atomic E-state index is -0.573. The predicted octanol–water partition coefficient (Wildman–Crippen LogP) is 3.29. The van der Waals surface area contributed by atoms with Crippen molar-refractivity contribution < 1.29 is 14.0 Å². The van der Waals surface area contributed by atoms with Gasteiger partial charge in [-0.3, -0.25) is 9.59 Å². The Morgan fingerprint density at radius 2 is 1.91 bits per heavy atom. The molecular weight excluding hydrogens is 408 g/mol. The molecule has 4 aromatic rings. The van der Waals surface area contributed by atoms with Gasteiger partial charge < -0.3 is 15.5 Å². The smallest absolute Gasteiger partial charge is 0.254 e. The highest BCUT2D eigenvalue weighted by Gasteiger charge is 2.17. The molecule has 3 aromatic heterocycles. The molecule has 0 unspecified atom stereocenters. The van der Waals surface area contributed by atoms with Crippen molar-refractivity contribution in [3.05, 3.63) is 64.4 Å². The number of primary amides is 1. The third kappa shape index (κ3) is 3.96. The van der Waals surface area contributed by atoms with E-state index in [4.69, 9.17) is 10.2 Å². The molecule has 0 aliphatic rings. The summed E-state index contributed by atoms with van der Waals surface area (Å²) in [5.74, 6) is 0.594. The standard InChI is InChI=1S/C23H24N6O3/c1-12-15(4)32-23(27-12)16-6-5-7-17(10-16)28-20(30)9-8-18-13(2)26-22-19(21(24)31)11-25-29(22)14(18)3/h5-7,10-11H,8-9H2,1-4H3,(H2,24,31)(H,28,30). The molecule has 0 atom stereocenters. The number of rotatable bonds is 6. The predicted molar refractivity (Wildman–Crippen MR) is 119 cm³/mol. The molecule has 1 aromatic carbocycles. The van der Waals surface area contributed by atoms with E-state index in [1.165, 1.54) is 6.20 Å². The van der Waals surface area contributed by atoms with Crippen LogP contribution in [-0.2, 0) is 11.2 Å². The maximum Gasteiger partial charge on any atom is 0.254 e. The number of nitrogens with zero attached hydrogens (tertiary/aromatic N) is 4. The Bertz CT molecular complexity index is 1330. The summed E-state index contributed by atoms with van der Waals surface area (Å²) in [6.07, 6.45) is 2.16. The van der Waals surface area contributed by atoms with Gasteiger partial charge in [-0.05, 0) is 57.9 Å². The summed E-state index contributed by atoms with van der Waals surface area (Å²) in [4.78, 5) is 33.1. The number of oxazole rings is 1. The second-order valence-corrected chi connectivity index (χ2v) is 7.71. The number of aromatic nitrogens is 4. The molecule has 2 amide bonds. The molecular formula is C23H24N6O3. The Balaban J connectivity index is 1.48. The van der Waals surface area contributed by atoms with Crippen molar-refractivity contribution >= 4 is 23.1 Å². The van der Waals surface area contributed by atoms with Crippen molar-refractivity contribution in [2.75, 3.05) is 5.32 Å². The van der Waals surface area contributed by atoms with E-state index in [0.29, 0.717) is 23.6 Å². The van der Waals surface area contributed by atoms with Gasteiger partial charge in [0.2, 0.25) is 11.8 Å². The number of benzene rings is 1. The SMILES string of the molecule is Cc1nc(-c2cccc(NC(=O)CCc3c(C)nc4c(C(N)=O)cnn4c3C)c2)oc1C. The lowest BCUT2D eigenvalue weighted by Crippen LogP contribution is -2.15. The zero-order valence-corrected chi connectivity index (χ0v) is 18.4. The average Bonchev–Trinajstić information content (AvgIpc) is 3.31. The van der Waals surface area contributed by atoms with E-state index in [2.05, 4.69) is 20.4 Å². The maximum absolute atomic E-state index is 12.6. The summed E-state index contributed by atoms with van der Waals surface area (Å²) < 4.78 is 7.26. The topological polar surface area (TPSA) is 128 Å². The molecule has 9 heteroatoms. The molecule has 3 N–H and O–H groups in total. The van der Waals surface area contributed by atoms with E-state index in [1.54, 1.807) is 4.52 Å². The first kappa shape index (κ1) is 21.2. The summed E-state index contributed by atoms with van der Waals surface area (Å²) in [5, 5.41) is 7.15. The molecule has 0 aliphatic heterocycles. The molecule has 0 radical (unpaired) electrons. The van der Waals surface area contributed by atoms with E-state index >= 15 is 0 Å². The van der Waals surface area contributed by atoms with Crippen LogP contribution in [0, 0.1) is 27.7 Å². The second-order valence-electron chi connectivity index (χ2n) is 7.71. The highest BCUT2D eigenvalue weighted by atomic mass is 16.4. The maximum atomic E-state index is 12.6. The molecule has 0 saturated carbocycles. The third-order valence-electron chi connectivity index (χ3n) is 5.50. The van der Waals surface area contributed by atoms with Crippen LogP contribution in [0.1, 0.15) is 45.2 Å². The zero-order chi connectivity index (χ0) is 23.0. The van der Waals surface area contributed by atoms with E-state index < -0.39 is 5.91 Å². The molecule has 164 valence electrons. The molecule has 0 aliphatic carbocycles. The van der Waals surface area contributed by atoms with Gasteiger partial charge in [-0.2, -0.15) is 5.10 Å². The Labute approximate surface area is 184 Å². The Hall–Kier alpha value is -4.01. The largest absolute Gasteiger partial charge is 0.441 e. The van der Waals surface area contributed by atoms with E-state index in [1.807, 2.05) is 52.0 Å². The zero-order valence-electron chi connectivity index (χ0n) is 18.4. The van der Waals surface area contributed by atoms with Crippen LogP contribution < -0.4 is 11.1 Å². The monoisotopic (exact) mass is 432 g/mol. The van der Waals surface area contributed by atoms with Gasteiger partial charge in [0.15, 0.2) is 5.65 Å². The average molecular weight is 432 g/mol. The Morgan fingerprint density at radius 1 is 1.12 bits per heavy atom. The van der Waals surface area contributed by atoms with Crippen LogP contribution in [0.15, 0.2) is 34.9 Å². The number of hydrogen-bond donors (Lipinski definition) is 2. The summed E-state index contributed by atoms with van der Waals surface area (Å²) in [6.45, 7) is 7.49. The van der Waals surface area contributed by atoms with Crippen LogP contribution in [0.25, 0.3) is 17.1 Å². The highest BCUT2D eigenvalue weighted by Crippen LogP contribution is 2.24. The Kier molecular flexibility index (Phi) is 5.48. The van der Waals surface area contributed by atoms with Crippen molar-refractivity contribution in [1.29, 1.82) is 0 Å². The van der Waals surface area contributed by atoms with Crippen LogP contribution in [0.4, 0.5) is 5.69 Å². The molecule has 0 saturated heterocycles. The normalized spacial score (nSPS) is 11.1. The van der Waals surface area contributed by atoms with Crippen LogP contribution in [0.5, 0.6) is 0 Å². The van der Waals surface area contributed by atoms with Crippen molar-refractivity contribution in [2.45, 2.75) is 40.5 Å². The number of nitrogens with one attached hydrogen (secondary N) is 1. The van der Waals surface area contributed by atoms with Crippen LogP contribution in [-0.4, -0.2) is 31.4 Å². The summed E-state index contributed by atoms with van der Waals surface area (Å²) in [7, 11) is 0. The van der Waals surface area contributed by atoms with Crippen molar-refractivity contribution in [2.24, 2.45) is 5.73 Å². The fourth-order valence-corrected chi connectivity index (χ4v) is 3.63. The van der Waals surface area contributed by atoms with Crippen molar-refractivity contribution in [3.8, 4) is 11.5 Å². The van der Waals surface area contributed by atoms with Crippen molar-refractivity contribution in [3.63, 3.8) is 0 Å². The number of fused-ring (bicyclic) bond motifs is 1. The first-order valence-electron chi connectivity index (χ1n) is 10.2. The fraction of sp³-hybridized carbons (Fsp3) is 0.261. The lowest BCUT2D eigenvalue weighted by Gasteiger charge is -2.12. The molecule has 0 fully saturated rings. The molecule has 9 nitrogen and oxygen atoms in total. The number of carbonyl (C=O) groups is 2. The molecule has 0 spiro atoms. The first-order chi connectivity index (χ1) is 15.2.